The van der Waals surface area contributed by atoms with Crippen LogP contribution in [0.2, 0.25) is 0 Å². The lowest BCUT2D eigenvalue weighted by atomic mass is 10.0. The maximum atomic E-state index is 13.5. The third-order valence-electron chi connectivity index (χ3n) is 5.65. The molecule has 0 aliphatic heterocycles. The summed E-state index contributed by atoms with van der Waals surface area (Å²) in [5, 5.41) is 2.91. The zero-order valence-corrected chi connectivity index (χ0v) is 20.5. The van der Waals surface area contributed by atoms with Crippen LogP contribution in [0.15, 0.2) is 72.8 Å². The topological polar surface area (TPSA) is 58.6 Å². The lowest BCUT2D eigenvalue weighted by Gasteiger charge is -2.31. The van der Waals surface area contributed by atoms with Crippen LogP contribution in [0.5, 0.6) is 5.75 Å². The molecule has 0 saturated carbocycles. The average molecular weight is 459 g/mol. The van der Waals surface area contributed by atoms with Crippen molar-refractivity contribution in [1.82, 2.24) is 10.2 Å². The molecule has 0 aliphatic rings. The summed E-state index contributed by atoms with van der Waals surface area (Å²) >= 11 is 0. The molecule has 0 bridgehead atoms. The normalized spacial score (nSPS) is 11.5. The number of nitrogens with one attached hydrogen (secondary N) is 1. The molecule has 5 heteroatoms. The molecule has 5 nitrogen and oxygen atoms in total. The van der Waals surface area contributed by atoms with Crippen molar-refractivity contribution in [3.05, 3.63) is 101 Å². The average Bonchev–Trinajstić information content (AvgIpc) is 2.81. The third-order valence-corrected chi connectivity index (χ3v) is 5.65. The predicted octanol–water partition coefficient (Wildman–Crippen LogP) is 4.77. The van der Waals surface area contributed by atoms with E-state index in [4.69, 9.17) is 4.74 Å². The van der Waals surface area contributed by atoms with Gasteiger partial charge in [-0.1, -0.05) is 66.2 Å². The third kappa shape index (κ3) is 7.20. The number of carbonyl (C=O) groups excluding carboxylic acids is 2. The van der Waals surface area contributed by atoms with E-state index in [0.29, 0.717) is 25.3 Å². The number of amides is 2. The molecule has 34 heavy (non-hydrogen) atoms. The number of benzene rings is 3. The summed E-state index contributed by atoms with van der Waals surface area (Å²) < 4.78 is 5.88. The number of rotatable bonds is 10. The fourth-order valence-electron chi connectivity index (χ4n) is 3.98. The van der Waals surface area contributed by atoms with Gasteiger partial charge in [0.05, 0.1) is 0 Å². The Morgan fingerprint density at radius 1 is 0.853 bits per heavy atom. The van der Waals surface area contributed by atoms with E-state index in [1.807, 2.05) is 94.4 Å². The van der Waals surface area contributed by atoms with Crippen LogP contribution in [-0.4, -0.2) is 35.9 Å². The molecular weight excluding hydrogens is 424 g/mol. The molecule has 178 valence electrons. The molecule has 0 radical (unpaired) electrons. The van der Waals surface area contributed by atoms with Crippen molar-refractivity contribution >= 4 is 11.8 Å². The molecule has 3 rings (SSSR count). The van der Waals surface area contributed by atoms with Gasteiger partial charge in [-0.3, -0.25) is 9.59 Å². The van der Waals surface area contributed by atoms with Crippen molar-refractivity contribution in [1.29, 1.82) is 0 Å². The minimum absolute atomic E-state index is 0.139. The van der Waals surface area contributed by atoms with Crippen molar-refractivity contribution in [2.45, 2.75) is 46.7 Å². The van der Waals surface area contributed by atoms with Gasteiger partial charge in [0, 0.05) is 19.5 Å². The maximum Gasteiger partial charge on any atom is 0.261 e. The predicted molar refractivity (Wildman–Crippen MR) is 136 cm³/mol. The summed E-state index contributed by atoms with van der Waals surface area (Å²) in [5.74, 6) is 0.254. The van der Waals surface area contributed by atoms with E-state index in [1.165, 1.54) is 0 Å². The molecule has 2 amide bonds. The Labute approximate surface area is 202 Å². The van der Waals surface area contributed by atoms with Crippen LogP contribution in [0.1, 0.15) is 34.7 Å². The largest absolute Gasteiger partial charge is 0.484 e. The van der Waals surface area contributed by atoms with E-state index in [0.717, 1.165) is 27.8 Å². The molecule has 0 spiro atoms. The summed E-state index contributed by atoms with van der Waals surface area (Å²) in [6.07, 6.45) is 0.424. The number of hydrogen-bond donors (Lipinski definition) is 1. The highest BCUT2D eigenvalue weighted by atomic mass is 16.5. The number of nitrogens with zero attached hydrogens (tertiary/aromatic N) is 1. The van der Waals surface area contributed by atoms with Gasteiger partial charge in [0.25, 0.3) is 5.91 Å². The van der Waals surface area contributed by atoms with Gasteiger partial charge in [-0.2, -0.15) is 0 Å². The Morgan fingerprint density at radius 2 is 1.50 bits per heavy atom. The first-order valence-corrected chi connectivity index (χ1v) is 11.7. The zero-order valence-electron chi connectivity index (χ0n) is 20.5. The standard InChI is InChI=1S/C29H34N2O3/c1-5-30-29(33)27(18-24-9-7-6-8-10-24)31(19-25-13-11-21(2)12-14-25)28(32)20-34-26-16-22(3)15-23(4)17-26/h6-17,27H,5,18-20H2,1-4H3,(H,30,33)/t27-/m1/s1. The van der Waals surface area contributed by atoms with E-state index in [9.17, 15) is 9.59 Å². The SMILES string of the molecule is CCNC(=O)[C@@H](Cc1ccccc1)N(Cc1ccc(C)cc1)C(=O)COc1cc(C)cc(C)c1. The van der Waals surface area contributed by atoms with E-state index in [2.05, 4.69) is 11.4 Å². The van der Waals surface area contributed by atoms with Crippen molar-refractivity contribution in [2.75, 3.05) is 13.2 Å². The Bertz CT molecular complexity index is 1070. The highest BCUT2D eigenvalue weighted by molar-refractivity contribution is 5.88. The molecule has 1 atom stereocenters. The van der Waals surface area contributed by atoms with E-state index in [1.54, 1.807) is 4.90 Å². The maximum absolute atomic E-state index is 13.5. The summed E-state index contributed by atoms with van der Waals surface area (Å²) in [6.45, 7) is 8.58. The number of hydrogen-bond acceptors (Lipinski definition) is 3. The minimum atomic E-state index is -0.654. The summed E-state index contributed by atoms with van der Waals surface area (Å²) in [6, 6.07) is 23.0. The second-order valence-electron chi connectivity index (χ2n) is 8.72. The molecule has 0 aliphatic carbocycles. The molecular formula is C29H34N2O3. The van der Waals surface area contributed by atoms with Crippen molar-refractivity contribution in [2.24, 2.45) is 0 Å². The lowest BCUT2D eigenvalue weighted by Crippen LogP contribution is -2.51. The van der Waals surface area contributed by atoms with Crippen LogP contribution >= 0.6 is 0 Å². The number of likely N-dealkylation sites (N-methyl/N-ethyl adjacent to an activating group) is 1. The molecule has 0 saturated heterocycles. The first-order chi connectivity index (χ1) is 16.4. The number of carbonyl (C=O) groups is 2. The van der Waals surface area contributed by atoms with Gasteiger partial charge in [0.2, 0.25) is 5.91 Å². The molecule has 3 aromatic carbocycles. The highest BCUT2D eigenvalue weighted by Crippen LogP contribution is 2.18. The quantitative estimate of drug-likeness (QED) is 0.476. The molecule has 0 aromatic heterocycles. The van der Waals surface area contributed by atoms with Crippen LogP contribution in [0.4, 0.5) is 0 Å². The van der Waals surface area contributed by atoms with Crippen LogP contribution < -0.4 is 10.1 Å². The number of ether oxygens (including phenoxy) is 1. The molecule has 1 N–H and O–H groups in total. The van der Waals surface area contributed by atoms with Crippen LogP contribution in [0.25, 0.3) is 0 Å². The Balaban J connectivity index is 1.89. The Morgan fingerprint density at radius 3 is 2.12 bits per heavy atom. The second-order valence-corrected chi connectivity index (χ2v) is 8.72. The van der Waals surface area contributed by atoms with Crippen LogP contribution in [-0.2, 0) is 22.6 Å². The summed E-state index contributed by atoms with van der Waals surface area (Å²) in [5.41, 5.74) is 5.25. The van der Waals surface area contributed by atoms with Gasteiger partial charge in [0.1, 0.15) is 11.8 Å². The van der Waals surface area contributed by atoms with Crippen LogP contribution in [0, 0.1) is 20.8 Å². The van der Waals surface area contributed by atoms with Crippen molar-refractivity contribution in [3.63, 3.8) is 0 Å². The highest BCUT2D eigenvalue weighted by Gasteiger charge is 2.30. The molecule has 0 unspecified atom stereocenters. The van der Waals surface area contributed by atoms with E-state index in [-0.39, 0.29) is 18.4 Å². The Hall–Kier alpha value is -3.60. The van der Waals surface area contributed by atoms with E-state index < -0.39 is 6.04 Å². The smallest absolute Gasteiger partial charge is 0.261 e. The van der Waals surface area contributed by atoms with Gasteiger partial charge < -0.3 is 15.0 Å². The van der Waals surface area contributed by atoms with Gasteiger partial charge >= 0.3 is 0 Å². The molecule has 0 heterocycles. The zero-order chi connectivity index (χ0) is 24.5. The Kier molecular flexibility index (Phi) is 8.86. The summed E-state index contributed by atoms with van der Waals surface area (Å²) in [7, 11) is 0. The lowest BCUT2D eigenvalue weighted by molar-refractivity contribution is -0.142. The minimum Gasteiger partial charge on any atom is -0.484 e. The second kappa shape index (κ2) is 12.0. The van der Waals surface area contributed by atoms with Gasteiger partial charge in [-0.25, -0.2) is 0 Å². The van der Waals surface area contributed by atoms with Crippen LogP contribution in [0.3, 0.4) is 0 Å². The van der Waals surface area contributed by atoms with Crippen molar-refractivity contribution in [3.8, 4) is 5.75 Å². The first-order valence-electron chi connectivity index (χ1n) is 11.7. The number of aryl methyl sites for hydroxylation is 3. The monoisotopic (exact) mass is 458 g/mol. The van der Waals surface area contributed by atoms with Gasteiger partial charge in [-0.15, -0.1) is 0 Å². The fourth-order valence-corrected chi connectivity index (χ4v) is 3.98. The van der Waals surface area contributed by atoms with E-state index >= 15 is 0 Å². The van der Waals surface area contributed by atoms with Gasteiger partial charge in [0.15, 0.2) is 6.61 Å². The van der Waals surface area contributed by atoms with Crippen molar-refractivity contribution < 1.29 is 14.3 Å². The molecule has 0 fully saturated rings. The first kappa shape index (κ1) is 25.0. The fraction of sp³-hybridized carbons (Fsp3) is 0.310. The molecule has 3 aromatic rings. The summed E-state index contributed by atoms with van der Waals surface area (Å²) in [4.78, 5) is 28.3. The van der Waals surface area contributed by atoms with Gasteiger partial charge in [-0.05, 0) is 62.1 Å².